The number of carbonyl (C=O) groups is 1. The number of carbonyl (C=O) groups excluding carboxylic acids is 1. The minimum absolute atomic E-state index is 0.0634. The SMILES string of the molecule is CCCN(CC(=O)NC)Cc1cccc(Br)c1. The molecule has 0 saturated heterocycles. The molecule has 0 aliphatic rings. The van der Waals surface area contributed by atoms with Crippen molar-refractivity contribution >= 4 is 21.8 Å². The van der Waals surface area contributed by atoms with Gasteiger partial charge in [-0.15, -0.1) is 0 Å². The van der Waals surface area contributed by atoms with Gasteiger partial charge in [0.2, 0.25) is 5.91 Å². The van der Waals surface area contributed by atoms with Crippen molar-refractivity contribution in [1.29, 1.82) is 0 Å². The molecule has 0 aromatic heterocycles. The third-order valence-electron chi connectivity index (χ3n) is 2.48. The summed E-state index contributed by atoms with van der Waals surface area (Å²) in [5, 5.41) is 2.66. The van der Waals surface area contributed by atoms with E-state index in [0.29, 0.717) is 6.54 Å². The molecule has 1 amide bonds. The summed E-state index contributed by atoms with van der Waals surface area (Å²) in [6.45, 7) is 4.31. The fourth-order valence-corrected chi connectivity index (χ4v) is 2.15. The predicted molar refractivity (Wildman–Crippen MR) is 73.8 cm³/mol. The Morgan fingerprint density at radius 2 is 2.24 bits per heavy atom. The Bertz CT molecular complexity index is 368. The first kappa shape index (κ1) is 14.2. The van der Waals surface area contributed by atoms with Crippen LogP contribution < -0.4 is 5.32 Å². The number of nitrogens with one attached hydrogen (secondary N) is 1. The monoisotopic (exact) mass is 298 g/mol. The van der Waals surface area contributed by atoms with Crippen molar-refractivity contribution in [1.82, 2.24) is 10.2 Å². The highest BCUT2D eigenvalue weighted by atomic mass is 79.9. The normalized spacial score (nSPS) is 10.6. The predicted octanol–water partition coefficient (Wildman–Crippen LogP) is 2.41. The van der Waals surface area contributed by atoms with Crippen LogP contribution in [0.25, 0.3) is 0 Å². The number of benzene rings is 1. The quantitative estimate of drug-likeness (QED) is 0.875. The average molecular weight is 299 g/mol. The van der Waals surface area contributed by atoms with Crippen LogP contribution in [0.1, 0.15) is 18.9 Å². The minimum Gasteiger partial charge on any atom is -0.358 e. The zero-order valence-electron chi connectivity index (χ0n) is 10.4. The van der Waals surface area contributed by atoms with Gasteiger partial charge in [-0.2, -0.15) is 0 Å². The van der Waals surface area contributed by atoms with Crippen LogP contribution >= 0.6 is 15.9 Å². The third kappa shape index (κ3) is 5.33. The molecule has 0 radical (unpaired) electrons. The molecule has 3 nitrogen and oxygen atoms in total. The molecule has 1 aromatic carbocycles. The fraction of sp³-hybridized carbons (Fsp3) is 0.462. The van der Waals surface area contributed by atoms with E-state index >= 15 is 0 Å². The third-order valence-corrected chi connectivity index (χ3v) is 2.97. The number of nitrogens with zero attached hydrogens (tertiary/aromatic N) is 1. The molecule has 17 heavy (non-hydrogen) atoms. The van der Waals surface area contributed by atoms with E-state index in [0.717, 1.165) is 24.0 Å². The summed E-state index contributed by atoms with van der Waals surface area (Å²) in [7, 11) is 1.67. The van der Waals surface area contributed by atoms with Crippen LogP contribution in [0.3, 0.4) is 0 Å². The zero-order valence-corrected chi connectivity index (χ0v) is 12.0. The molecule has 4 heteroatoms. The highest BCUT2D eigenvalue weighted by Gasteiger charge is 2.09. The van der Waals surface area contributed by atoms with Gasteiger partial charge in [0.25, 0.3) is 0 Å². The maximum Gasteiger partial charge on any atom is 0.233 e. The van der Waals surface area contributed by atoms with Gasteiger partial charge < -0.3 is 5.32 Å². The Morgan fingerprint density at radius 3 is 2.82 bits per heavy atom. The van der Waals surface area contributed by atoms with E-state index in [4.69, 9.17) is 0 Å². The molecule has 0 saturated carbocycles. The second-order valence-corrected chi connectivity index (χ2v) is 4.93. The molecular weight excluding hydrogens is 280 g/mol. The van der Waals surface area contributed by atoms with Gasteiger partial charge in [0.1, 0.15) is 0 Å². The fourth-order valence-electron chi connectivity index (χ4n) is 1.71. The molecule has 1 aromatic rings. The Labute approximate surface area is 111 Å². The van der Waals surface area contributed by atoms with Gasteiger partial charge >= 0.3 is 0 Å². The first-order valence-electron chi connectivity index (χ1n) is 5.83. The lowest BCUT2D eigenvalue weighted by atomic mass is 10.2. The molecule has 0 aliphatic carbocycles. The first-order chi connectivity index (χ1) is 8.15. The van der Waals surface area contributed by atoms with Crippen molar-refractivity contribution in [3.8, 4) is 0 Å². The smallest absolute Gasteiger partial charge is 0.233 e. The number of likely N-dealkylation sites (N-methyl/N-ethyl adjacent to an activating group) is 1. The van der Waals surface area contributed by atoms with E-state index in [-0.39, 0.29) is 5.91 Å². The van der Waals surface area contributed by atoms with Crippen LogP contribution in [-0.2, 0) is 11.3 Å². The van der Waals surface area contributed by atoms with Crippen molar-refractivity contribution in [3.63, 3.8) is 0 Å². The largest absolute Gasteiger partial charge is 0.358 e. The van der Waals surface area contributed by atoms with Crippen LogP contribution in [-0.4, -0.2) is 30.9 Å². The molecule has 1 N–H and O–H groups in total. The lowest BCUT2D eigenvalue weighted by Gasteiger charge is -2.20. The van der Waals surface area contributed by atoms with Gasteiger partial charge in [0.15, 0.2) is 0 Å². The van der Waals surface area contributed by atoms with E-state index in [9.17, 15) is 4.79 Å². The molecule has 0 spiro atoms. The molecule has 1 rings (SSSR count). The van der Waals surface area contributed by atoms with Crippen LogP contribution in [0.4, 0.5) is 0 Å². The highest BCUT2D eigenvalue weighted by Crippen LogP contribution is 2.13. The Balaban J connectivity index is 2.62. The summed E-state index contributed by atoms with van der Waals surface area (Å²) in [4.78, 5) is 13.5. The van der Waals surface area contributed by atoms with Crippen molar-refractivity contribution in [2.45, 2.75) is 19.9 Å². The molecular formula is C13H19BrN2O. The number of amides is 1. The van der Waals surface area contributed by atoms with E-state index < -0.39 is 0 Å². The summed E-state index contributed by atoms with van der Waals surface area (Å²) in [6, 6.07) is 8.19. The molecule has 0 atom stereocenters. The van der Waals surface area contributed by atoms with Gasteiger partial charge in [-0.1, -0.05) is 35.0 Å². The lowest BCUT2D eigenvalue weighted by Crippen LogP contribution is -2.35. The minimum atomic E-state index is 0.0634. The van der Waals surface area contributed by atoms with Gasteiger partial charge in [-0.25, -0.2) is 0 Å². The Hall–Kier alpha value is -0.870. The zero-order chi connectivity index (χ0) is 12.7. The topological polar surface area (TPSA) is 32.3 Å². The van der Waals surface area contributed by atoms with Gasteiger partial charge in [0, 0.05) is 18.1 Å². The lowest BCUT2D eigenvalue weighted by molar-refractivity contribution is -0.121. The van der Waals surface area contributed by atoms with Crippen molar-refractivity contribution in [2.75, 3.05) is 20.1 Å². The van der Waals surface area contributed by atoms with Gasteiger partial charge in [-0.05, 0) is 30.7 Å². The molecule has 0 fully saturated rings. The summed E-state index contributed by atoms with van der Waals surface area (Å²) >= 11 is 3.46. The van der Waals surface area contributed by atoms with Gasteiger partial charge in [-0.3, -0.25) is 9.69 Å². The first-order valence-corrected chi connectivity index (χ1v) is 6.62. The summed E-state index contributed by atoms with van der Waals surface area (Å²) in [5.41, 5.74) is 1.22. The van der Waals surface area contributed by atoms with Crippen LogP contribution in [0.2, 0.25) is 0 Å². The van der Waals surface area contributed by atoms with E-state index in [1.807, 2.05) is 12.1 Å². The van der Waals surface area contributed by atoms with E-state index in [1.54, 1.807) is 7.05 Å². The standard InChI is InChI=1S/C13H19BrN2O/c1-3-7-16(10-13(17)15-2)9-11-5-4-6-12(14)8-11/h4-6,8H,3,7,9-10H2,1-2H3,(H,15,17). The molecule has 0 bridgehead atoms. The second kappa shape index (κ2) is 7.45. The molecule has 0 aliphatic heterocycles. The Morgan fingerprint density at radius 1 is 1.47 bits per heavy atom. The highest BCUT2D eigenvalue weighted by molar-refractivity contribution is 9.10. The summed E-state index contributed by atoms with van der Waals surface area (Å²) < 4.78 is 1.08. The summed E-state index contributed by atoms with van der Waals surface area (Å²) in [6.07, 6.45) is 1.05. The number of hydrogen-bond acceptors (Lipinski definition) is 2. The second-order valence-electron chi connectivity index (χ2n) is 4.01. The summed E-state index contributed by atoms with van der Waals surface area (Å²) in [5.74, 6) is 0.0634. The maximum absolute atomic E-state index is 11.4. The van der Waals surface area contributed by atoms with Crippen molar-refractivity contribution < 1.29 is 4.79 Å². The van der Waals surface area contributed by atoms with Crippen LogP contribution in [0, 0.1) is 0 Å². The number of rotatable bonds is 6. The average Bonchev–Trinajstić information content (AvgIpc) is 2.29. The van der Waals surface area contributed by atoms with E-state index in [1.165, 1.54) is 5.56 Å². The van der Waals surface area contributed by atoms with Crippen LogP contribution in [0.5, 0.6) is 0 Å². The Kier molecular flexibility index (Phi) is 6.22. The number of halogens is 1. The maximum atomic E-state index is 11.4. The van der Waals surface area contributed by atoms with Crippen LogP contribution in [0.15, 0.2) is 28.7 Å². The molecule has 0 heterocycles. The van der Waals surface area contributed by atoms with Gasteiger partial charge in [0.05, 0.1) is 6.54 Å². The number of hydrogen-bond donors (Lipinski definition) is 1. The van der Waals surface area contributed by atoms with Crippen molar-refractivity contribution in [2.24, 2.45) is 0 Å². The molecule has 0 unspecified atom stereocenters. The van der Waals surface area contributed by atoms with E-state index in [2.05, 4.69) is 45.2 Å². The molecule has 94 valence electrons. The van der Waals surface area contributed by atoms with Crippen molar-refractivity contribution in [3.05, 3.63) is 34.3 Å².